The first-order valence-corrected chi connectivity index (χ1v) is 12.8. The van der Waals surface area contributed by atoms with E-state index < -0.39 is 15.9 Å². The monoisotopic (exact) mass is 474 g/mol. The van der Waals surface area contributed by atoms with Gasteiger partial charge in [-0.15, -0.1) is 0 Å². The van der Waals surface area contributed by atoms with E-state index in [1.54, 1.807) is 36.5 Å². The number of carbonyl (C=O) groups is 1. The molecule has 1 fully saturated rings. The maximum Gasteiger partial charge on any atom is 0.243 e. The Morgan fingerprint density at radius 3 is 2.41 bits per heavy atom. The SMILES string of the molecule is O=C(NCc1cnc2ccccn12)[C@@H]1CC[C@H](c2ccccc2)N(S(=O)(=O)c2ccccc2)C1. The zero-order valence-electron chi connectivity index (χ0n) is 18.6. The van der Waals surface area contributed by atoms with E-state index in [0.717, 1.165) is 16.9 Å². The summed E-state index contributed by atoms with van der Waals surface area (Å²) in [4.78, 5) is 17.7. The molecule has 0 aliphatic carbocycles. The molecule has 5 rings (SSSR count). The minimum Gasteiger partial charge on any atom is -0.350 e. The summed E-state index contributed by atoms with van der Waals surface area (Å²) in [6.45, 7) is 0.462. The van der Waals surface area contributed by atoms with Gasteiger partial charge in [0.2, 0.25) is 15.9 Å². The Hall–Kier alpha value is -3.49. The van der Waals surface area contributed by atoms with Gasteiger partial charge in [-0.3, -0.25) is 4.79 Å². The molecule has 1 aliphatic heterocycles. The Morgan fingerprint density at radius 2 is 1.65 bits per heavy atom. The number of rotatable bonds is 6. The number of hydrogen-bond donors (Lipinski definition) is 1. The number of piperidine rings is 1. The van der Waals surface area contributed by atoms with E-state index in [0.29, 0.717) is 19.4 Å². The standard InChI is InChI=1S/C26H26N4O3S/c31-26(28-18-22-17-27-25-13-7-8-16-29(22)25)21-14-15-24(20-9-3-1-4-10-20)30(19-21)34(32,33)23-11-5-2-6-12-23/h1-13,16-17,21,24H,14-15,18-19H2,(H,28,31)/t21-,24-/m1/s1. The van der Waals surface area contributed by atoms with E-state index in [4.69, 9.17) is 0 Å². The highest BCUT2D eigenvalue weighted by Crippen LogP contribution is 2.37. The summed E-state index contributed by atoms with van der Waals surface area (Å²) in [6, 6.07) is 23.5. The van der Waals surface area contributed by atoms with Gasteiger partial charge < -0.3 is 9.72 Å². The summed E-state index contributed by atoms with van der Waals surface area (Å²) in [6.07, 6.45) is 4.83. The number of imidazole rings is 1. The fraction of sp³-hybridized carbons (Fsp3) is 0.231. The highest BCUT2D eigenvalue weighted by atomic mass is 32.2. The maximum absolute atomic E-state index is 13.6. The van der Waals surface area contributed by atoms with Crippen molar-refractivity contribution in [2.75, 3.05) is 6.54 Å². The van der Waals surface area contributed by atoms with Crippen LogP contribution in [0.2, 0.25) is 0 Å². The van der Waals surface area contributed by atoms with Gasteiger partial charge in [0.1, 0.15) is 5.65 Å². The lowest BCUT2D eigenvalue weighted by Crippen LogP contribution is -2.46. The minimum atomic E-state index is -3.77. The highest BCUT2D eigenvalue weighted by Gasteiger charge is 2.40. The first-order valence-electron chi connectivity index (χ1n) is 11.3. The second-order valence-corrected chi connectivity index (χ2v) is 10.4. The molecule has 1 saturated heterocycles. The van der Waals surface area contributed by atoms with Crippen LogP contribution >= 0.6 is 0 Å². The number of fused-ring (bicyclic) bond motifs is 1. The Bertz CT molecular complexity index is 1390. The largest absolute Gasteiger partial charge is 0.350 e. The molecule has 1 N–H and O–H groups in total. The molecule has 34 heavy (non-hydrogen) atoms. The molecule has 3 heterocycles. The lowest BCUT2D eigenvalue weighted by molar-refractivity contribution is -0.126. The molecule has 2 aromatic carbocycles. The molecule has 0 saturated carbocycles. The van der Waals surface area contributed by atoms with Gasteiger partial charge in [0.25, 0.3) is 0 Å². The molecule has 0 unspecified atom stereocenters. The molecule has 174 valence electrons. The van der Waals surface area contributed by atoms with Crippen molar-refractivity contribution in [3.63, 3.8) is 0 Å². The van der Waals surface area contributed by atoms with Crippen LogP contribution in [0.5, 0.6) is 0 Å². The van der Waals surface area contributed by atoms with Crippen LogP contribution in [0.15, 0.2) is 96.2 Å². The molecule has 1 amide bonds. The Kier molecular flexibility index (Phi) is 6.17. The summed E-state index contributed by atoms with van der Waals surface area (Å²) in [5.41, 5.74) is 2.62. The molecule has 7 nitrogen and oxygen atoms in total. The van der Waals surface area contributed by atoms with Crippen LogP contribution < -0.4 is 5.32 Å². The van der Waals surface area contributed by atoms with Gasteiger partial charge in [-0.05, 0) is 42.7 Å². The zero-order valence-corrected chi connectivity index (χ0v) is 19.4. The number of nitrogens with one attached hydrogen (secondary N) is 1. The minimum absolute atomic E-state index is 0.135. The fourth-order valence-corrected chi connectivity index (χ4v) is 6.30. The number of nitrogens with zero attached hydrogens (tertiary/aromatic N) is 3. The van der Waals surface area contributed by atoms with Crippen molar-refractivity contribution in [2.45, 2.75) is 30.3 Å². The van der Waals surface area contributed by atoms with Gasteiger partial charge in [0, 0.05) is 12.7 Å². The molecule has 2 aromatic heterocycles. The molecular weight excluding hydrogens is 448 g/mol. The summed E-state index contributed by atoms with van der Waals surface area (Å²) in [5, 5.41) is 2.99. The molecule has 0 spiro atoms. The zero-order chi connectivity index (χ0) is 23.5. The van der Waals surface area contributed by atoms with Crippen LogP contribution in [0.4, 0.5) is 0 Å². The van der Waals surface area contributed by atoms with Gasteiger partial charge in [0.15, 0.2) is 0 Å². The fourth-order valence-electron chi connectivity index (χ4n) is 4.59. The van der Waals surface area contributed by atoms with Crippen molar-refractivity contribution in [3.8, 4) is 0 Å². The van der Waals surface area contributed by atoms with Crippen molar-refractivity contribution >= 4 is 21.6 Å². The van der Waals surface area contributed by atoms with Crippen LogP contribution in [0.1, 0.15) is 30.1 Å². The van der Waals surface area contributed by atoms with Crippen LogP contribution in [-0.4, -0.2) is 34.6 Å². The average molecular weight is 475 g/mol. The smallest absolute Gasteiger partial charge is 0.243 e. The molecule has 2 atom stereocenters. The van der Waals surface area contributed by atoms with Crippen molar-refractivity contribution < 1.29 is 13.2 Å². The number of sulfonamides is 1. The third-order valence-electron chi connectivity index (χ3n) is 6.38. The maximum atomic E-state index is 13.6. The van der Waals surface area contributed by atoms with Crippen molar-refractivity contribution in [2.24, 2.45) is 5.92 Å². The van der Waals surface area contributed by atoms with Gasteiger partial charge in [-0.25, -0.2) is 13.4 Å². The topological polar surface area (TPSA) is 83.8 Å². The Morgan fingerprint density at radius 1 is 0.941 bits per heavy atom. The van der Waals surface area contributed by atoms with Crippen molar-refractivity contribution in [3.05, 3.63) is 103 Å². The first-order chi connectivity index (χ1) is 16.5. The Labute approximate surface area is 199 Å². The van der Waals surface area contributed by atoms with E-state index >= 15 is 0 Å². The third kappa shape index (κ3) is 4.34. The van der Waals surface area contributed by atoms with Crippen LogP contribution in [-0.2, 0) is 21.4 Å². The second kappa shape index (κ2) is 9.40. The molecule has 0 radical (unpaired) electrons. The van der Waals surface area contributed by atoms with E-state index in [1.165, 1.54) is 4.31 Å². The summed E-state index contributed by atoms with van der Waals surface area (Å²) in [5.74, 6) is -0.580. The van der Waals surface area contributed by atoms with E-state index in [-0.39, 0.29) is 23.4 Å². The van der Waals surface area contributed by atoms with Gasteiger partial charge in [-0.2, -0.15) is 4.31 Å². The molecule has 4 aromatic rings. The predicted octanol–water partition coefficient (Wildman–Crippen LogP) is 3.79. The summed E-state index contributed by atoms with van der Waals surface area (Å²) >= 11 is 0. The number of aromatic nitrogens is 2. The molecule has 8 heteroatoms. The van der Waals surface area contributed by atoms with Crippen LogP contribution in [0.3, 0.4) is 0 Å². The van der Waals surface area contributed by atoms with E-state index in [9.17, 15) is 13.2 Å². The first kappa shape index (κ1) is 22.3. The van der Waals surface area contributed by atoms with E-state index in [1.807, 2.05) is 59.1 Å². The molecular formula is C26H26N4O3S. The number of benzene rings is 2. The number of hydrogen-bond acceptors (Lipinski definition) is 4. The van der Waals surface area contributed by atoms with E-state index in [2.05, 4.69) is 10.3 Å². The van der Waals surface area contributed by atoms with Crippen LogP contribution in [0.25, 0.3) is 5.65 Å². The van der Waals surface area contributed by atoms with Crippen LogP contribution in [0, 0.1) is 5.92 Å². The molecule has 1 aliphatic rings. The van der Waals surface area contributed by atoms with Gasteiger partial charge in [0.05, 0.1) is 35.3 Å². The highest BCUT2D eigenvalue weighted by molar-refractivity contribution is 7.89. The second-order valence-electron chi connectivity index (χ2n) is 8.48. The number of pyridine rings is 1. The average Bonchev–Trinajstić information content (AvgIpc) is 3.31. The van der Waals surface area contributed by atoms with Crippen molar-refractivity contribution in [1.29, 1.82) is 0 Å². The summed E-state index contributed by atoms with van der Waals surface area (Å²) < 4.78 is 30.7. The lowest BCUT2D eigenvalue weighted by Gasteiger charge is -2.38. The van der Waals surface area contributed by atoms with Gasteiger partial charge >= 0.3 is 0 Å². The predicted molar refractivity (Wildman–Crippen MR) is 129 cm³/mol. The molecule has 0 bridgehead atoms. The Balaban J connectivity index is 1.37. The third-order valence-corrected chi connectivity index (χ3v) is 8.27. The normalized spacial score (nSPS) is 19.2. The lowest BCUT2D eigenvalue weighted by atomic mass is 9.90. The number of carbonyl (C=O) groups excluding carboxylic acids is 1. The van der Waals surface area contributed by atoms with Gasteiger partial charge in [-0.1, -0.05) is 54.6 Å². The van der Waals surface area contributed by atoms with Crippen molar-refractivity contribution in [1.82, 2.24) is 19.0 Å². The quantitative estimate of drug-likeness (QED) is 0.461. The summed E-state index contributed by atoms with van der Waals surface area (Å²) in [7, 11) is -3.77. The number of amides is 1.